The molecule has 338 valence electrons. The zero-order chi connectivity index (χ0) is 48.0. The van der Waals surface area contributed by atoms with Crippen molar-refractivity contribution in [3.05, 3.63) is 295 Å². The molecule has 0 N–H and O–H groups in total. The Morgan fingerprint density at radius 3 is 1.40 bits per heavy atom. The van der Waals surface area contributed by atoms with Gasteiger partial charge in [-0.15, -0.1) is 0 Å². The van der Waals surface area contributed by atoms with Crippen LogP contribution in [0.3, 0.4) is 0 Å². The minimum atomic E-state index is -0.517. The van der Waals surface area contributed by atoms with Gasteiger partial charge in [-0.1, -0.05) is 249 Å². The molecule has 0 amide bonds. The first-order valence-corrected chi connectivity index (χ1v) is 25.4. The van der Waals surface area contributed by atoms with Gasteiger partial charge in [0.05, 0.1) is 16.6 Å². The summed E-state index contributed by atoms with van der Waals surface area (Å²) in [4.78, 5) is 5.61. The van der Waals surface area contributed by atoms with Gasteiger partial charge in [-0.05, 0) is 140 Å². The fourth-order valence-corrected chi connectivity index (χ4v) is 12.7. The molecule has 14 aromatic rings. The van der Waals surface area contributed by atoms with Crippen molar-refractivity contribution in [3.63, 3.8) is 0 Å². The Morgan fingerprint density at radius 2 is 0.740 bits per heavy atom. The van der Waals surface area contributed by atoms with E-state index in [2.05, 4.69) is 273 Å². The quantitative estimate of drug-likeness (QED) is 0.120. The topological polar surface area (TPSA) is 12.9 Å². The summed E-state index contributed by atoms with van der Waals surface area (Å²) in [6, 6.07) is 101. The Hall–Kier alpha value is -9.43. The molecule has 0 atom stereocenters. The lowest BCUT2D eigenvalue weighted by Crippen LogP contribution is -2.28. The molecule has 15 rings (SSSR count). The molecular weight excluding hydrogens is 879 g/mol. The highest BCUT2D eigenvalue weighted by molar-refractivity contribution is 6.23. The molecule has 1 aromatic heterocycles. The Bertz CT molecular complexity index is 4490. The number of benzene rings is 13. The summed E-state index contributed by atoms with van der Waals surface area (Å²) >= 11 is 0. The van der Waals surface area contributed by atoms with Crippen LogP contribution in [0.25, 0.3) is 121 Å². The van der Waals surface area contributed by atoms with Gasteiger partial charge in [-0.2, -0.15) is 0 Å². The number of pyridine rings is 1. The second kappa shape index (κ2) is 16.3. The van der Waals surface area contributed by atoms with Gasteiger partial charge in [0.2, 0.25) is 0 Å². The van der Waals surface area contributed by atoms with Crippen molar-refractivity contribution in [1.29, 1.82) is 0 Å². The summed E-state index contributed by atoms with van der Waals surface area (Å²) in [6.07, 6.45) is 0. The minimum absolute atomic E-state index is 0.517. The van der Waals surface area contributed by atoms with Crippen LogP contribution in [-0.4, -0.2) is 4.98 Å². The van der Waals surface area contributed by atoms with Crippen LogP contribution < -0.4 is 0 Å². The van der Waals surface area contributed by atoms with Crippen molar-refractivity contribution in [1.82, 2.24) is 4.98 Å². The van der Waals surface area contributed by atoms with Crippen molar-refractivity contribution in [3.8, 4) is 55.8 Å². The lowest BCUT2D eigenvalue weighted by atomic mass is 9.67. The Morgan fingerprint density at radius 1 is 0.260 bits per heavy atom. The van der Waals surface area contributed by atoms with E-state index in [1.165, 1.54) is 115 Å². The Balaban J connectivity index is 0.951. The first-order chi connectivity index (χ1) is 36.2. The van der Waals surface area contributed by atoms with Gasteiger partial charge in [-0.25, -0.2) is 4.98 Å². The standard InChI is InChI=1S/C72H45N/c1-3-21-55(22-4-1)72(56-23-5-2-6-24-56)64-29-15-13-28-62(64)69-65(72)42-41-60-57-25-14-16-30-66(57)73-71(70(60)69)49-35-31-48(32-36-49)52-39-40-61-63(45-52)68(54-38-34-47-18-8-10-20-51(47)44-54)59-27-12-11-26-58(59)67(61)53-37-33-46-17-7-9-19-50(46)43-53/h1-45H. The molecule has 0 spiro atoms. The average molecular weight is 924 g/mol. The van der Waals surface area contributed by atoms with E-state index in [-0.39, 0.29) is 0 Å². The van der Waals surface area contributed by atoms with Crippen molar-refractivity contribution >= 4 is 64.8 Å². The maximum Gasteiger partial charge on any atom is 0.0794 e. The summed E-state index contributed by atoms with van der Waals surface area (Å²) in [5.41, 5.74) is 17.4. The molecule has 0 fully saturated rings. The van der Waals surface area contributed by atoms with Crippen LogP contribution in [0.2, 0.25) is 0 Å². The number of aromatic nitrogens is 1. The van der Waals surface area contributed by atoms with Crippen LogP contribution in [-0.2, 0) is 5.41 Å². The van der Waals surface area contributed by atoms with E-state index in [1.54, 1.807) is 0 Å². The highest BCUT2D eigenvalue weighted by Gasteiger charge is 2.47. The first-order valence-electron chi connectivity index (χ1n) is 25.4. The monoisotopic (exact) mass is 923 g/mol. The van der Waals surface area contributed by atoms with Crippen molar-refractivity contribution in [2.45, 2.75) is 5.41 Å². The number of hydrogen-bond donors (Lipinski definition) is 0. The van der Waals surface area contributed by atoms with Gasteiger partial charge in [0.25, 0.3) is 0 Å². The van der Waals surface area contributed by atoms with Crippen molar-refractivity contribution in [2.75, 3.05) is 0 Å². The van der Waals surface area contributed by atoms with Gasteiger partial charge in [0, 0.05) is 16.3 Å². The molecular formula is C72H45N. The predicted octanol–water partition coefficient (Wildman–Crippen LogP) is 19.0. The van der Waals surface area contributed by atoms with E-state index in [0.717, 1.165) is 27.7 Å². The Labute approximate surface area is 423 Å². The molecule has 1 aliphatic rings. The van der Waals surface area contributed by atoms with E-state index in [1.807, 2.05) is 0 Å². The van der Waals surface area contributed by atoms with Crippen LogP contribution in [0.5, 0.6) is 0 Å². The van der Waals surface area contributed by atoms with E-state index >= 15 is 0 Å². The maximum atomic E-state index is 5.61. The van der Waals surface area contributed by atoms with Gasteiger partial charge in [0.15, 0.2) is 0 Å². The fraction of sp³-hybridized carbons (Fsp3) is 0.0139. The number of hydrogen-bond acceptors (Lipinski definition) is 1. The molecule has 0 radical (unpaired) electrons. The molecule has 73 heavy (non-hydrogen) atoms. The molecule has 0 saturated heterocycles. The van der Waals surface area contributed by atoms with Crippen LogP contribution in [0.1, 0.15) is 22.3 Å². The van der Waals surface area contributed by atoms with Gasteiger partial charge < -0.3 is 0 Å². The molecule has 13 aromatic carbocycles. The van der Waals surface area contributed by atoms with E-state index in [9.17, 15) is 0 Å². The summed E-state index contributed by atoms with van der Waals surface area (Å²) in [7, 11) is 0. The first kappa shape index (κ1) is 41.4. The molecule has 0 unspecified atom stereocenters. The third-order valence-electron chi connectivity index (χ3n) is 15.9. The molecule has 1 nitrogen and oxygen atoms in total. The third kappa shape index (κ3) is 6.25. The molecule has 0 saturated carbocycles. The Kier molecular flexibility index (Phi) is 9.24. The third-order valence-corrected chi connectivity index (χ3v) is 15.9. The highest BCUT2D eigenvalue weighted by atomic mass is 14.7. The molecule has 1 heterocycles. The maximum absolute atomic E-state index is 5.61. The minimum Gasteiger partial charge on any atom is -0.247 e. The fourth-order valence-electron chi connectivity index (χ4n) is 12.7. The lowest BCUT2D eigenvalue weighted by molar-refractivity contribution is 0.769. The summed E-state index contributed by atoms with van der Waals surface area (Å²) in [6.45, 7) is 0. The SMILES string of the molecule is c1ccc(C2(c3ccccc3)c3ccccc3-c3c2ccc2c3c(-c3ccc(-c4ccc5c(-c6ccc7ccccc7c6)c6ccccc6c(-c6ccc7ccccc7c6)c5c4)cc3)nc3ccccc32)cc1. The number of para-hydroxylation sites is 1. The van der Waals surface area contributed by atoms with Crippen LogP contribution >= 0.6 is 0 Å². The van der Waals surface area contributed by atoms with E-state index in [4.69, 9.17) is 4.98 Å². The summed E-state index contributed by atoms with van der Waals surface area (Å²) < 4.78 is 0. The van der Waals surface area contributed by atoms with Gasteiger partial charge in [-0.3, -0.25) is 0 Å². The second-order valence-electron chi connectivity index (χ2n) is 19.7. The molecule has 1 aliphatic carbocycles. The molecule has 0 aliphatic heterocycles. The largest absolute Gasteiger partial charge is 0.247 e. The van der Waals surface area contributed by atoms with Gasteiger partial charge >= 0.3 is 0 Å². The van der Waals surface area contributed by atoms with E-state index in [0.29, 0.717) is 0 Å². The van der Waals surface area contributed by atoms with Crippen LogP contribution in [0, 0.1) is 0 Å². The summed E-state index contributed by atoms with van der Waals surface area (Å²) in [5, 5.41) is 13.5. The molecule has 0 bridgehead atoms. The van der Waals surface area contributed by atoms with Crippen LogP contribution in [0.15, 0.2) is 273 Å². The molecule has 1 heteroatoms. The zero-order valence-electron chi connectivity index (χ0n) is 39.9. The average Bonchev–Trinajstić information content (AvgIpc) is 3.78. The normalized spacial score (nSPS) is 12.8. The number of rotatable bonds is 6. The predicted molar refractivity (Wildman–Crippen MR) is 308 cm³/mol. The highest BCUT2D eigenvalue weighted by Crippen LogP contribution is 2.59. The van der Waals surface area contributed by atoms with Crippen molar-refractivity contribution in [2.24, 2.45) is 0 Å². The summed E-state index contributed by atoms with van der Waals surface area (Å²) in [5.74, 6) is 0. The van der Waals surface area contributed by atoms with E-state index < -0.39 is 5.41 Å². The van der Waals surface area contributed by atoms with Crippen LogP contribution in [0.4, 0.5) is 0 Å². The second-order valence-corrected chi connectivity index (χ2v) is 19.7. The zero-order valence-corrected chi connectivity index (χ0v) is 39.9. The number of fused-ring (bicyclic) bond motifs is 11. The number of nitrogens with zero attached hydrogens (tertiary/aromatic N) is 1. The van der Waals surface area contributed by atoms with Gasteiger partial charge in [0.1, 0.15) is 0 Å². The van der Waals surface area contributed by atoms with Crippen molar-refractivity contribution < 1.29 is 0 Å². The smallest absolute Gasteiger partial charge is 0.0794 e. The lowest BCUT2D eigenvalue weighted by Gasteiger charge is -2.34.